The first kappa shape index (κ1) is 10.8. The average molecular weight is 238 g/mol. The molecule has 0 atom stereocenters. The Bertz CT molecular complexity index is 702. The van der Waals surface area contributed by atoms with Gasteiger partial charge in [-0.05, 0) is 52.2 Å². The highest BCUT2D eigenvalue weighted by Crippen LogP contribution is 2.26. The van der Waals surface area contributed by atoms with Crippen LogP contribution in [0.15, 0.2) is 60.7 Å². The van der Waals surface area contributed by atoms with Crippen molar-refractivity contribution in [3.05, 3.63) is 66.5 Å². The van der Waals surface area contributed by atoms with Gasteiger partial charge < -0.3 is 5.11 Å². The van der Waals surface area contributed by atoms with E-state index >= 15 is 0 Å². The number of aromatic hydroxyl groups is 1. The minimum Gasteiger partial charge on any atom is -0.508 e. The Morgan fingerprint density at radius 3 is 2.11 bits per heavy atom. The van der Waals surface area contributed by atoms with E-state index in [0.717, 1.165) is 21.9 Å². The lowest BCUT2D eigenvalue weighted by Gasteiger charge is -2.04. The standard InChI is InChI=1S/C16H11FO/c17-15-6-3-11(4-7-15)13-2-1-12-5-8-16(18)10-14(12)9-13/h1-10,18H. The van der Waals surface area contributed by atoms with E-state index in [4.69, 9.17) is 0 Å². The van der Waals surface area contributed by atoms with Crippen LogP contribution in [-0.2, 0) is 0 Å². The molecule has 0 saturated carbocycles. The minimum absolute atomic E-state index is 0.239. The van der Waals surface area contributed by atoms with Crippen molar-refractivity contribution in [3.63, 3.8) is 0 Å². The summed E-state index contributed by atoms with van der Waals surface area (Å²) in [7, 11) is 0. The van der Waals surface area contributed by atoms with E-state index < -0.39 is 0 Å². The highest BCUT2D eigenvalue weighted by molar-refractivity contribution is 5.88. The van der Waals surface area contributed by atoms with Crippen molar-refractivity contribution < 1.29 is 9.50 Å². The molecule has 0 aliphatic carbocycles. The predicted molar refractivity (Wildman–Crippen MR) is 71.0 cm³/mol. The molecule has 0 aliphatic rings. The average Bonchev–Trinajstić information content (AvgIpc) is 2.38. The van der Waals surface area contributed by atoms with Gasteiger partial charge in [0.05, 0.1) is 0 Å². The Kier molecular flexibility index (Phi) is 2.49. The first-order valence-corrected chi connectivity index (χ1v) is 5.71. The van der Waals surface area contributed by atoms with Crippen LogP contribution in [0.25, 0.3) is 21.9 Å². The molecule has 3 rings (SSSR count). The summed E-state index contributed by atoms with van der Waals surface area (Å²) in [5.74, 6) is 0.0101. The number of phenolic OH excluding ortho intramolecular Hbond substituents is 1. The van der Waals surface area contributed by atoms with Gasteiger partial charge in [-0.2, -0.15) is 0 Å². The van der Waals surface area contributed by atoms with Crippen molar-refractivity contribution in [2.24, 2.45) is 0 Å². The summed E-state index contributed by atoms with van der Waals surface area (Å²) >= 11 is 0. The molecule has 1 nitrogen and oxygen atoms in total. The van der Waals surface area contributed by atoms with Gasteiger partial charge in [-0.15, -0.1) is 0 Å². The van der Waals surface area contributed by atoms with Gasteiger partial charge in [-0.1, -0.05) is 30.3 Å². The molecule has 0 spiro atoms. The number of rotatable bonds is 1. The molecule has 0 aromatic heterocycles. The third-order valence-corrected chi connectivity index (χ3v) is 3.00. The summed E-state index contributed by atoms with van der Waals surface area (Å²) in [6.07, 6.45) is 0. The number of benzene rings is 3. The van der Waals surface area contributed by atoms with Gasteiger partial charge in [-0.3, -0.25) is 0 Å². The van der Waals surface area contributed by atoms with Crippen LogP contribution in [-0.4, -0.2) is 5.11 Å². The third kappa shape index (κ3) is 1.93. The second-order valence-corrected chi connectivity index (χ2v) is 4.25. The molecular weight excluding hydrogens is 227 g/mol. The fourth-order valence-electron chi connectivity index (χ4n) is 2.06. The van der Waals surface area contributed by atoms with Crippen LogP contribution in [0.4, 0.5) is 4.39 Å². The molecular formula is C16H11FO. The van der Waals surface area contributed by atoms with Crippen LogP contribution in [0.2, 0.25) is 0 Å². The quantitative estimate of drug-likeness (QED) is 0.668. The number of hydrogen-bond donors (Lipinski definition) is 1. The Balaban J connectivity index is 2.15. The molecule has 0 aliphatic heterocycles. The van der Waals surface area contributed by atoms with Crippen LogP contribution in [0.3, 0.4) is 0 Å². The monoisotopic (exact) mass is 238 g/mol. The summed E-state index contributed by atoms with van der Waals surface area (Å²) in [6.45, 7) is 0. The van der Waals surface area contributed by atoms with Crippen LogP contribution in [0, 0.1) is 5.82 Å². The highest BCUT2D eigenvalue weighted by atomic mass is 19.1. The van der Waals surface area contributed by atoms with E-state index in [1.165, 1.54) is 12.1 Å². The largest absolute Gasteiger partial charge is 0.508 e. The Labute approximate surface area is 104 Å². The predicted octanol–water partition coefficient (Wildman–Crippen LogP) is 4.35. The Hall–Kier alpha value is -2.35. The number of fused-ring (bicyclic) bond motifs is 1. The van der Waals surface area contributed by atoms with Gasteiger partial charge in [0, 0.05) is 0 Å². The van der Waals surface area contributed by atoms with Crippen molar-refractivity contribution >= 4 is 10.8 Å². The molecule has 18 heavy (non-hydrogen) atoms. The molecule has 3 aromatic carbocycles. The van der Waals surface area contributed by atoms with E-state index in [9.17, 15) is 9.50 Å². The van der Waals surface area contributed by atoms with E-state index in [-0.39, 0.29) is 11.6 Å². The van der Waals surface area contributed by atoms with Crippen LogP contribution in [0.5, 0.6) is 5.75 Å². The van der Waals surface area contributed by atoms with Crippen molar-refractivity contribution in [2.75, 3.05) is 0 Å². The SMILES string of the molecule is Oc1ccc2ccc(-c3ccc(F)cc3)cc2c1. The van der Waals surface area contributed by atoms with Crippen molar-refractivity contribution in [2.45, 2.75) is 0 Å². The summed E-state index contributed by atoms with van der Waals surface area (Å²) in [5, 5.41) is 11.5. The number of phenols is 1. The van der Waals surface area contributed by atoms with Crippen molar-refractivity contribution in [1.29, 1.82) is 0 Å². The van der Waals surface area contributed by atoms with Gasteiger partial charge in [0.25, 0.3) is 0 Å². The van der Waals surface area contributed by atoms with Crippen molar-refractivity contribution in [1.82, 2.24) is 0 Å². The van der Waals surface area contributed by atoms with Gasteiger partial charge >= 0.3 is 0 Å². The first-order valence-electron chi connectivity index (χ1n) is 5.71. The molecule has 0 radical (unpaired) electrons. The summed E-state index contributed by atoms with van der Waals surface area (Å²) in [5.41, 5.74) is 1.97. The van der Waals surface area contributed by atoms with Gasteiger partial charge in [0.1, 0.15) is 11.6 Å². The zero-order valence-corrected chi connectivity index (χ0v) is 9.60. The molecule has 0 saturated heterocycles. The first-order chi connectivity index (χ1) is 8.72. The zero-order chi connectivity index (χ0) is 12.5. The lowest BCUT2D eigenvalue weighted by Crippen LogP contribution is -1.80. The smallest absolute Gasteiger partial charge is 0.123 e. The van der Waals surface area contributed by atoms with Gasteiger partial charge in [0.2, 0.25) is 0 Å². The molecule has 3 aromatic rings. The van der Waals surface area contributed by atoms with E-state index in [0.29, 0.717) is 0 Å². The molecule has 0 heterocycles. The van der Waals surface area contributed by atoms with Crippen LogP contribution in [0.1, 0.15) is 0 Å². The maximum Gasteiger partial charge on any atom is 0.123 e. The Morgan fingerprint density at radius 1 is 0.667 bits per heavy atom. The number of halogens is 1. The summed E-state index contributed by atoms with van der Waals surface area (Å²) in [4.78, 5) is 0. The summed E-state index contributed by atoms with van der Waals surface area (Å²) < 4.78 is 12.9. The molecule has 0 fully saturated rings. The van der Waals surface area contributed by atoms with E-state index in [1.807, 2.05) is 24.3 Å². The fraction of sp³-hybridized carbons (Fsp3) is 0. The lowest BCUT2D eigenvalue weighted by molar-refractivity contribution is 0.476. The Morgan fingerprint density at radius 2 is 1.33 bits per heavy atom. The third-order valence-electron chi connectivity index (χ3n) is 3.00. The molecule has 0 amide bonds. The fourth-order valence-corrected chi connectivity index (χ4v) is 2.06. The normalized spacial score (nSPS) is 10.7. The minimum atomic E-state index is -0.239. The summed E-state index contributed by atoms with van der Waals surface area (Å²) in [6, 6.07) is 17.6. The molecule has 0 bridgehead atoms. The lowest BCUT2D eigenvalue weighted by atomic mass is 10.0. The second-order valence-electron chi connectivity index (χ2n) is 4.25. The van der Waals surface area contributed by atoms with Crippen LogP contribution < -0.4 is 0 Å². The molecule has 1 N–H and O–H groups in total. The van der Waals surface area contributed by atoms with Gasteiger partial charge in [0.15, 0.2) is 0 Å². The highest BCUT2D eigenvalue weighted by Gasteiger charge is 2.01. The topological polar surface area (TPSA) is 20.2 Å². The molecule has 88 valence electrons. The van der Waals surface area contributed by atoms with Crippen LogP contribution >= 0.6 is 0 Å². The maximum absolute atomic E-state index is 12.9. The van der Waals surface area contributed by atoms with Crippen molar-refractivity contribution in [3.8, 4) is 16.9 Å². The van der Waals surface area contributed by atoms with Gasteiger partial charge in [-0.25, -0.2) is 4.39 Å². The maximum atomic E-state index is 12.9. The van der Waals surface area contributed by atoms with E-state index in [2.05, 4.69) is 0 Å². The molecule has 0 unspecified atom stereocenters. The zero-order valence-electron chi connectivity index (χ0n) is 9.60. The second kappa shape index (κ2) is 4.15. The molecule has 2 heteroatoms. The number of hydrogen-bond acceptors (Lipinski definition) is 1. The van der Waals surface area contributed by atoms with E-state index in [1.54, 1.807) is 24.3 Å².